The predicted molar refractivity (Wildman–Crippen MR) is 186 cm³/mol. The van der Waals surface area contributed by atoms with Gasteiger partial charge in [0, 0.05) is 35.9 Å². The molecule has 3 aromatic carbocycles. The van der Waals surface area contributed by atoms with Crippen molar-refractivity contribution in [1.29, 1.82) is 0 Å². The van der Waals surface area contributed by atoms with Crippen LogP contribution in [0.2, 0.25) is 0 Å². The second-order valence-corrected chi connectivity index (χ2v) is 14.6. The molecule has 2 aliphatic carbocycles. The van der Waals surface area contributed by atoms with E-state index in [1.165, 1.54) is 36.8 Å². The first kappa shape index (κ1) is 30.7. The highest BCUT2D eigenvalue weighted by molar-refractivity contribution is 6.21. The first-order valence-electron chi connectivity index (χ1n) is 16.3. The number of fused-ring (bicyclic) bond motifs is 2. The second-order valence-electron chi connectivity index (χ2n) is 13.6. The van der Waals surface area contributed by atoms with Gasteiger partial charge < -0.3 is 9.80 Å². The van der Waals surface area contributed by atoms with Crippen LogP contribution in [-0.2, 0) is 12.8 Å². The minimum absolute atomic E-state index is 0.120. The van der Waals surface area contributed by atoms with Crippen LogP contribution in [0.25, 0.3) is 21.8 Å². The first-order chi connectivity index (χ1) is 21.8. The SMILES string of the molecule is [CH2]c1ccc(C[C@@H]([C@@H](Cl)c2ccc3[nH]ncc3c2)N(C)CC2CC2)c(C[C@@H]([C@@H](Cl)c2ccc3[nH]ncc3c2)N(C)CC2CC2)c1. The number of nitrogens with one attached hydrogen (secondary N) is 2. The Bertz CT molecular complexity index is 1750. The Balaban J connectivity index is 1.20. The summed E-state index contributed by atoms with van der Waals surface area (Å²) in [5.41, 5.74) is 7.98. The molecule has 4 atom stereocenters. The summed E-state index contributed by atoms with van der Waals surface area (Å²) in [5, 5.41) is 16.4. The fourth-order valence-electron chi connectivity index (χ4n) is 6.88. The molecule has 0 bridgehead atoms. The third-order valence-corrected chi connectivity index (χ3v) is 11.1. The molecule has 45 heavy (non-hydrogen) atoms. The molecule has 2 aromatic heterocycles. The normalized spacial score (nSPS) is 18.2. The van der Waals surface area contributed by atoms with Gasteiger partial charge in [-0.15, -0.1) is 23.2 Å². The van der Waals surface area contributed by atoms with Crippen molar-refractivity contribution in [2.45, 2.75) is 61.4 Å². The van der Waals surface area contributed by atoms with E-state index < -0.39 is 0 Å². The zero-order chi connectivity index (χ0) is 31.1. The van der Waals surface area contributed by atoms with Crippen molar-refractivity contribution in [3.8, 4) is 0 Å². The number of aromatic amines is 2. The standard InChI is InChI=1S/C37H43Cl2N6/c1-23-4-9-26(17-34(44(2)21-24-5-6-24)36(38)27-10-12-32-30(15-27)19-40-42-32)29(14-23)18-35(45(3)22-25-7-8-25)37(39)28-11-13-33-31(16-28)20-41-43-33/h4,9-16,19-20,24-25,34-37H,1,5-8,17-18,21-22H2,2-3H3,(H,40,42)(H,41,43)/t34-,35-,36-,37-/m0/s1. The molecule has 0 spiro atoms. The molecule has 2 fully saturated rings. The summed E-state index contributed by atoms with van der Waals surface area (Å²) < 4.78 is 0. The first-order valence-corrected chi connectivity index (χ1v) is 17.2. The maximum atomic E-state index is 7.44. The van der Waals surface area contributed by atoms with E-state index in [0.717, 1.165) is 76.3 Å². The fraction of sp³-hybridized carbons (Fsp3) is 0.432. The molecule has 2 saturated carbocycles. The van der Waals surface area contributed by atoms with E-state index in [2.05, 4.69) is 106 Å². The van der Waals surface area contributed by atoms with E-state index in [9.17, 15) is 0 Å². The Labute approximate surface area is 276 Å². The summed E-state index contributed by atoms with van der Waals surface area (Å²) in [5.74, 6) is 1.53. The van der Waals surface area contributed by atoms with Gasteiger partial charge in [-0.25, -0.2) is 0 Å². The van der Waals surface area contributed by atoms with Crippen molar-refractivity contribution in [2.24, 2.45) is 11.8 Å². The molecule has 5 aromatic rings. The lowest BCUT2D eigenvalue weighted by molar-refractivity contribution is 0.219. The van der Waals surface area contributed by atoms with E-state index in [0.29, 0.717) is 0 Å². The number of H-pyrrole nitrogens is 2. The minimum atomic E-state index is -0.176. The van der Waals surface area contributed by atoms with Gasteiger partial charge in [0.2, 0.25) is 0 Å². The maximum Gasteiger partial charge on any atom is 0.0744 e. The average molecular weight is 643 g/mol. The summed E-state index contributed by atoms with van der Waals surface area (Å²) in [7, 11) is 4.49. The van der Waals surface area contributed by atoms with Crippen molar-refractivity contribution in [3.63, 3.8) is 0 Å². The number of benzene rings is 3. The summed E-state index contributed by atoms with van der Waals surface area (Å²) in [6.45, 7) is 6.46. The smallest absolute Gasteiger partial charge is 0.0744 e. The van der Waals surface area contributed by atoms with Crippen molar-refractivity contribution < 1.29 is 0 Å². The van der Waals surface area contributed by atoms with Crippen molar-refractivity contribution >= 4 is 45.0 Å². The molecule has 1 radical (unpaired) electrons. The van der Waals surface area contributed by atoms with Crippen molar-refractivity contribution in [2.75, 3.05) is 27.2 Å². The van der Waals surface area contributed by atoms with Crippen LogP contribution in [0.15, 0.2) is 67.0 Å². The number of aromatic nitrogens is 4. The van der Waals surface area contributed by atoms with Gasteiger partial charge in [0.25, 0.3) is 0 Å². The zero-order valence-corrected chi connectivity index (χ0v) is 27.7. The van der Waals surface area contributed by atoms with Crippen LogP contribution in [0.1, 0.15) is 64.3 Å². The summed E-state index contributed by atoms with van der Waals surface area (Å²) in [6.07, 6.45) is 10.7. The van der Waals surface area contributed by atoms with E-state index in [1.807, 2.05) is 12.4 Å². The Hall–Kier alpha value is -2.90. The number of halogens is 2. The van der Waals surface area contributed by atoms with E-state index in [4.69, 9.17) is 23.2 Å². The summed E-state index contributed by atoms with van der Waals surface area (Å²) >= 11 is 14.9. The molecule has 2 N–H and O–H groups in total. The van der Waals surface area contributed by atoms with Crippen LogP contribution in [0, 0.1) is 18.8 Å². The molecular formula is C37H43Cl2N6. The van der Waals surface area contributed by atoms with Crippen LogP contribution in [0.5, 0.6) is 0 Å². The highest BCUT2D eigenvalue weighted by Crippen LogP contribution is 2.38. The number of hydrogen-bond acceptors (Lipinski definition) is 4. The highest BCUT2D eigenvalue weighted by atomic mass is 35.5. The quantitative estimate of drug-likeness (QED) is 0.120. The molecule has 8 heteroatoms. The molecule has 6 nitrogen and oxygen atoms in total. The molecule has 0 amide bonds. The van der Waals surface area contributed by atoms with Gasteiger partial charge in [0.1, 0.15) is 0 Å². The third-order valence-electron chi connectivity index (χ3n) is 9.99. The van der Waals surface area contributed by atoms with Crippen LogP contribution in [-0.4, -0.2) is 69.5 Å². The number of hydrogen-bond donors (Lipinski definition) is 2. The maximum absolute atomic E-state index is 7.44. The third kappa shape index (κ3) is 7.10. The van der Waals surface area contributed by atoms with E-state index in [-0.39, 0.29) is 22.8 Å². The lowest BCUT2D eigenvalue weighted by atomic mass is 9.89. The van der Waals surface area contributed by atoms with Gasteiger partial charge >= 0.3 is 0 Å². The second kappa shape index (κ2) is 13.1. The van der Waals surface area contributed by atoms with Gasteiger partial charge in [-0.2, -0.15) is 10.2 Å². The Kier molecular flexibility index (Phi) is 8.93. The van der Waals surface area contributed by atoms with Crippen molar-refractivity contribution in [3.05, 3.63) is 102 Å². The molecule has 0 unspecified atom stereocenters. The van der Waals surface area contributed by atoms with E-state index in [1.54, 1.807) is 0 Å². The van der Waals surface area contributed by atoms with Gasteiger partial charge in [-0.05, 0) is 123 Å². The fourth-order valence-corrected chi connectivity index (χ4v) is 7.71. The lowest BCUT2D eigenvalue weighted by Gasteiger charge is -2.35. The molecule has 7 rings (SSSR count). The van der Waals surface area contributed by atoms with Crippen molar-refractivity contribution in [1.82, 2.24) is 30.2 Å². The predicted octanol–water partition coefficient (Wildman–Crippen LogP) is 8.09. The van der Waals surface area contributed by atoms with Gasteiger partial charge in [0.15, 0.2) is 0 Å². The number of alkyl halides is 2. The number of nitrogens with zero attached hydrogens (tertiary/aromatic N) is 4. The minimum Gasteiger partial charge on any atom is -0.301 e. The van der Waals surface area contributed by atoms with Gasteiger partial charge in [-0.1, -0.05) is 30.3 Å². The molecule has 0 saturated heterocycles. The number of rotatable bonds is 14. The molecule has 2 aliphatic rings. The van der Waals surface area contributed by atoms with Crippen LogP contribution >= 0.6 is 23.2 Å². The summed E-state index contributed by atoms with van der Waals surface area (Å²) in [4.78, 5) is 4.99. The number of likely N-dealkylation sites (N-methyl/N-ethyl adjacent to an activating group) is 2. The Morgan fingerprint density at radius 2 is 1.20 bits per heavy atom. The molecular weight excluding hydrogens is 599 g/mol. The topological polar surface area (TPSA) is 63.8 Å². The monoisotopic (exact) mass is 641 g/mol. The van der Waals surface area contributed by atoms with Gasteiger partial charge in [-0.3, -0.25) is 10.2 Å². The van der Waals surface area contributed by atoms with Crippen LogP contribution in [0.4, 0.5) is 0 Å². The molecule has 235 valence electrons. The zero-order valence-electron chi connectivity index (χ0n) is 26.2. The Morgan fingerprint density at radius 1 is 0.711 bits per heavy atom. The largest absolute Gasteiger partial charge is 0.301 e. The molecule has 2 heterocycles. The summed E-state index contributed by atoms with van der Waals surface area (Å²) in [6, 6.07) is 19.8. The van der Waals surface area contributed by atoms with Gasteiger partial charge in [0.05, 0.1) is 34.2 Å². The van der Waals surface area contributed by atoms with Crippen LogP contribution < -0.4 is 0 Å². The lowest BCUT2D eigenvalue weighted by Crippen LogP contribution is -2.40. The Morgan fingerprint density at radius 3 is 1.69 bits per heavy atom. The van der Waals surface area contributed by atoms with Crippen LogP contribution in [0.3, 0.4) is 0 Å². The van der Waals surface area contributed by atoms with E-state index >= 15 is 0 Å². The average Bonchev–Trinajstić information content (AvgIpc) is 3.93. The highest BCUT2D eigenvalue weighted by Gasteiger charge is 2.34. The molecule has 0 aliphatic heterocycles.